The Balaban J connectivity index is 0.00000196. The lowest BCUT2D eigenvalue weighted by atomic mass is 10.0. The summed E-state index contributed by atoms with van der Waals surface area (Å²) in [5, 5.41) is 0. The van der Waals surface area contributed by atoms with Gasteiger partial charge in [-0.25, -0.2) is 4.39 Å². The van der Waals surface area contributed by atoms with Crippen molar-refractivity contribution in [3.63, 3.8) is 0 Å². The Labute approximate surface area is 93.8 Å². The minimum Gasteiger partial charge on any atom is -0.493 e. The molecule has 0 heterocycles. The van der Waals surface area contributed by atoms with Gasteiger partial charge in [-0.15, -0.1) is 12.4 Å². The predicted octanol–water partition coefficient (Wildman–Crippen LogP) is 2.62. The van der Waals surface area contributed by atoms with Gasteiger partial charge in [0.05, 0.1) is 13.8 Å². The van der Waals surface area contributed by atoms with Crippen LogP contribution < -0.4 is 10.5 Å². The molecule has 0 saturated carbocycles. The highest BCUT2D eigenvalue weighted by atomic mass is 35.5. The van der Waals surface area contributed by atoms with Crippen LogP contribution in [-0.2, 0) is 0 Å². The van der Waals surface area contributed by atoms with Gasteiger partial charge in [-0.05, 0) is 12.5 Å². The van der Waals surface area contributed by atoms with Crippen LogP contribution in [0.15, 0.2) is 18.2 Å². The van der Waals surface area contributed by atoms with Gasteiger partial charge in [-0.2, -0.15) is 0 Å². The zero-order valence-corrected chi connectivity index (χ0v) is 9.19. The van der Waals surface area contributed by atoms with Crippen molar-refractivity contribution in [2.75, 3.05) is 13.8 Å². The average molecular weight is 238 g/mol. The van der Waals surface area contributed by atoms with Crippen LogP contribution in [0.1, 0.15) is 18.0 Å². The number of hydrogen-bond donors (Lipinski definition) is 1. The van der Waals surface area contributed by atoms with E-state index in [1.54, 1.807) is 6.07 Å². The van der Waals surface area contributed by atoms with E-state index in [4.69, 9.17) is 10.5 Å². The number of para-hydroxylation sites is 1. The predicted molar refractivity (Wildman–Crippen MR) is 57.7 cm³/mol. The number of nitrogens with two attached hydrogens (primary N) is 1. The number of hydrogen-bond acceptors (Lipinski definition) is 2. The van der Waals surface area contributed by atoms with Crippen LogP contribution in [0.4, 0.5) is 8.78 Å². The van der Waals surface area contributed by atoms with E-state index in [1.165, 1.54) is 19.2 Å². The summed E-state index contributed by atoms with van der Waals surface area (Å²) in [6.07, 6.45) is 0.166. The Morgan fingerprint density at radius 3 is 2.67 bits per heavy atom. The van der Waals surface area contributed by atoms with Gasteiger partial charge in [0.1, 0.15) is 0 Å². The van der Waals surface area contributed by atoms with Crippen molar-refractivity contribution in [3.8, 4) is 5.75 Å². The van der Waals surface area contributed by atoms with Crippen molar-refractivity contribution in [3.05, 3.63) is 29.6 Å². The Kier molecular flexibility index (Phi) is 6.20. The molecule has 0 aliphatic rings. The molecule has 0 bridgehead atoms. The van der Waals surface area contributed by atoms with Gasteiger partial charge in [-0.3, -0.25) is 4.39 Å². The molecule has 2 N–H and O–H groups in total. The van der Waals surface area contributed by atoms with Crippen LogP contribution in [0.25, 0.3) is 0 Å². The summed E-state index contributed by atoms with van der Waals surface area (Å²) < 4.78 is 30.1. The van der Waals surface area contributed by atoms with Gasteiger partial charge in [-0.1, -0.05) is 12.1 Å². The molecule has 0 aliphatic heterocycles. The number of alkyl halides is 1. The van der Waals surface area contributed by atoms with Gasteiger partial charge >= 0.3 is 0 Å². The third-order valence-corrected chi connectivity index (χ3v) is 2.02. The van der Waals surface area contributed by atoms with Crippen molar-refractivity contribution >= 4 is 12.4 Å². The van der Waals surface area contributed by atoms with Crippen molar-refractivity contribution in [2.24, 2.45) is 5.73 Å². The molecule has 15 heavy (non-hydrogen) atoms. The molecular weight excluding hydrogens is 224 g/mol. The summed E-state index contributed by atoms with van der Waals surface area (Å²) >= 11 is 0. The summed E-state index contributed by atoms with van der Waals surface area (Å²) in [5.74, 6) is -0.368. The van der Waals surface area contributed by atoms with Crippen LogP contribution in [0.5, 0.6) is 5.75 Å². The van der Waals surface area contributed by atoms with E-state index in [2.05, 4.69) is 0 Å². The highest BCUT2D eigenvalue weighted by Crippen LogP contribution is 2.28. The molecule has 1 rings (SSSR count). The molecular formula is C10H14ClF2NO. The summed E-state index contributed by atoms with van der Waals surface area (Å²) in [6, 6.07) is 3.93. The molecule has 1 aromatic rings. The van der Waals surface area contributed by atoms with E-state index in [9.17, 15) is 8.78 Å². The molecule has 86 valence electrons. The molecule has 0 amide bonds. The molecule has 5 heteroatoms. The highest BCUT2D eigenvalue weighted by molar-refractivity contribution is 5.85. The van der Waals surface area contributed by atoms with E-state index in [0.717, 1.165) is 0 Å². The lowest BCUT2D eigenvalue weighted by Gasteiger charge is -2.14. The SMILES string of the molecule is COc1c(F)cccc1[C@H](N)CCF.Cl. The van der Waals surface area contributed by atoms with Gasteiger partial charge < -0.3 is 10.5 Å². The number of halogens is 3. The first kappa shape index (κ1) is 14.1. The third-order valence-electron chi connectivity index (χ3n) is 2.02. The number of benzene rings is 1. The second-order valence-electron chi connectivity index (χ2n) is 2.95. The van der Waals surface area contributed by atoms with Crippen molar-refractivity contribution in [2.45, 2.75) is 12.5 Å². The second-order valence-corrected chi connectivity index (χ2v) is 2.95. The molecule has 0 aromatic heterocycles. The summed E-state index contributed by atoms with van der Waals surface area (Å²) in [5.41, 5.74) is 6.17. The Hall–Kier alpha value is -0.870. The average Bonchev–Trinajstić information content (AvgIpc) is 2.17. The second kappa shape index (κ2) is 6.58. The minimum atomic E-state index is -0.527. The van der Waals surface area contributed by atoms with Gasteiger partial charge in [0.25, 0.3) is 0 Å². The van der Waals surface area contributed by atoms with Crippen molar-refractivity contribution in [1.82, 2.24) is 0 Å². The summed E-state index contributed by atoms with van der Waals surface area (Å²) in [4.78, 5) is 0. The Bertz CT molecular complexity index is 309. The van der Waals surface area contributed by atoms with Gasteiger partial charge in [0.2, 0.25) is 0 Å². The van der Waals surface area contributed by atoms with E-state index in [-0.39, 0.29) is 24.6 Å². The van der Waals surface area contributed by atoms with Gasteiger partial charge in [0, 0.05) is 11.6 Å². The fraction of sp³-hybridized carbons (Fsp3) is 0.400. The van der Waals surface area contributed by atoms with E-state index in [0.29, 0.717) is 5.56 Å². The van der Waals surface area contributed by atoms with Crippen LogP contribution in [-0.4, -0.2) is 13.8 Å². The normalized spacial score (nSPS) is 11.7. The fourth-order valence-electron chi connectivity index (χ4n) is 1.31. The summed E-state index contributed by atoms with van der Waals surface area (Å²) in [7, 11) is 1.37. The Morgan fingerprint density at radius 2 is 2.13 bits per heavy atom. The maximum absolute atomic E-state index is 13.2. The largest absolute Gasteiger partial charge is 0.493 e. The molecule has 0 saturated heterocycles. The monoisotopic (exact) mass is 237 g/mol. The molecule has 1 aromatic carbocycles. The fourth-order valence-corrected chi connectivity index (χ4v) is 1.31. The van der Waals surface area contributed by atoms with Crippen molar-refractivity contribution in [1.29, 1.82) is 0 Å². The van der Waals surface area contributed by atoms with Crippen LogP contribution in [0, 0.1) is 5.82 Å². The number of methoxy groups -OCH3 is 1. The molecule has 0 spiro atoms. The molecule has 1 atom stereocenters. The molecule has 0 fully saturated rings. The van der Waals surface area contributed by atoms with E-state index >= 15 is 0 Å². The van der Waals surface area contributed by atoms with Gasteiger partial charge in [0.15, 0.2) is 11.6 Å². The van der Waals surface area contributed by atoms with Crippen LogP contribution >= 0.6 is 12.4 Å². The van der Waals surface area contributed by atoms with Crippen molar-refractivity contribution < 1.29 is 13.5 Å². The standard InChI is InChI=1S/C10H13F2NO.ClH/c1-14-10-7(9(13)5-6-11)3-2-4-8(10)12;/h2-4,9H,5-6,13H2,1H3;1H/t9-;/m1./s1. The lowest BCUT2D eigenvalue weighted by molar-refractivity contribution is 0.371. The van der Waals surface area contributed by atoms with E-state index in [1.807, 2.05) is 0 Å². The molecule has 0 radical (unpaired) electrons. The quantitative estimate of drug-likeness (QED) is 0.874. The molecule has 0 unspecified atom stereocenters. The maximum Gasteiger partial charge on any atom is 0.165 e. The lowest BCUT2D eigenvalue weighted by Crippen LogP contribution is -2.12. The maximum atomic E-state index is 13.2. The van der Waals surface area contributed by atoms with Crippen LogP contribution in [0.3, 0.4) is 0 Å². The number of ether oxygens (including phenoxy) is 1. The highest BCUT2D eigenvalue weighted by Gasteiger charge is 2.14. The minimum absolute atomic E-state index is 0. The van der Waals surface area contributed by atoms with E-state index < -0.39 is 18.5 Å². The topological polar surface area (TPSA) is 35.2 Å². The summed E-state index contributed by atoms with van der Waals surface area (Å²) in [6.45, 7) is -0.527. The smallest absolute Gasteiger partial charge is 0.165 e. The Morgan fingerprint density at radius 1 is 1.47 bits per heavy atom. The third kappa shape index (κ3) is 3.32. The first-order valence-corrected chi connectivity index (χ1v) is 4.34. The zero-order chi connectivity index (χ0) is 10.6. The molecule has 2 nitrogen and oxygen atoms in total. The zero-order valence-electron chi connectivity index (χ0n) is 8.37. The first-order valence-electron chi connectivity index (χ1n) is 4.34. The van der Waals surface area contributed by atoms with Crippen LogP contribution in [0.2, 0.25) is 0 Å². The number of rotatable bonds is 4. The first-order chi connectivity index (χ1) is 6.70. The molecule has 0 aliphatic carbocycles.